The zero-order valence-corrected chi connectivity index (χ0v) is 20.5. The number of amides is 1. The number of rotatable bonds is 4. The van der Waals surface area contributed by atoms with Gasteiger partial charge in [-0.25, -0.2) is 19.9 Å². The number of alkyl halides is 2. The number of aromatic nitrogens is 5. The number of benzene rings is 1. The zero-order chi connectivity index (χ0) is 26.3. The molecular formula is C26H23F2N7O3. The van der Waals surface area contributed by atoms with Crippen LogP contribution in [0.4, 0.5) is 14.7 Å². The molecule has 1 fully saturated rings. The summed E-state index contributed by atoms with van der Waals surface area (Å²) in [6, 6.07) is 4.35. The summed E-state index contributed by atoms with van der Waals surface area (Å²) in [5.74, 6) is 0.332. The molecule has 3 aromatic heterocycles. The van der Waals surface area contributed by atoms with Gasteiger partial charge in [-0.3, -0.25) is 9.20 Å². The van der Waals surface area contributed by atoms with E-state index in [1.165, 1.54) is 6.07 Å². The van der Waals surface area contributed by atoms with E-state index in [4.69, 9.17) is 9.72 Å². The van der Waals surface area contributed by atoms with Crippen molar-refractivity contribution in [3.63, 3.8) is 0 Å². The highest BCUT2D eigenvalue weighted by molar-refractivity contribution is 5.98. The Morgan fingerprint density at radius 1 is 1.13 bits per heavy atom. The van der Waals surface area contributed by atoms with Gasteiger partial charge in [0.15, 0.2) is 0 Å². The van der Waals surface area contributed by atoms with Crippen molar-refractivity contribution in [2.24, 2.45) is 0 Å². The summed E-state index contributed by atoms with van der Waals surface area (Å²) in [4.78, 5) is 35.0. The van der Waals surface area contributed by atoms with Crippen LogP contribution in [0.5, 0.6) is 5.75 Å². The Balaban J connectivity index is 1.32. The monoisotopic (exact) mass is 519 g/mol. The summed E-state index contributed by atoms with van der Waals surface area (Å²) in [5, 5.41) is 9.99. The molecule has 3 aliphatic rings. The van der Waals surface area contributed by atoms with Gasteiger partial charge in [-0.15, -0.1) is 0 Å². The predicted octanol–water partition coefficient (Wildman–Crippen LogP) is 3.02. The van der Waals surface area contributed by atoms with E-state index in [9.17, 15) is 18.7 Å². The number of anilines is 1. The Kier molecular flexibility index (Phi) is 4.78. The molecular weight excluding hydrogens is 496 g/mol. The first kappa shape index (κ1) is 23.0. The number of nitrogens with zero attached hydrogens (tertiary/aromatic N) is 7. The molecule has 0 radical (unpaired) electrons. The summed E-state index contributed by atoms with van der Waals surface area (Å²) in [6.45, 7) is -0.304. The lowest BCUT2D eigenvalue weighted by atomic mass is 9.91. The van der Waals surface area contributed by atoms with Crippen molar-refractivity contribution < 1.29 is 23.4 Å². The van der Waals surface area contributed by atoms with E-state index in [-0.39, 0.29) is 17.7 Å². The fourth-order valence-electron chi connectivity index (χ4n) is 5.92. The minimum absolute atomic E-state index is 0.00854. The van der Waals surface area contributed by atoms with Gasteiger partial charge in [0.05, 0.1) is 36.1 Å². The molecule has 12 heteroatoms. The van der Waals surface area contributed by atoms with Gasteiger partial charge in [-0.05, 0) is 25.5 Å². The van der Waals surface area contributed by atoms with Crippen molar-refractivity contribution in [1.29, 1.82) is 0 Å². The molecule has 5 heterocycles. The molecule has 2 atom stereocenters. The minimum atomic E-state index is -3.02. The fourth-order valence-corrected chi connectivity index (χ4v) is 5.92. The number of fused-ring (bicyclic) bond motifs is 9. The maximum Gasteiger partial charge on any atom is 0.387 e. The van der Waals surface area contributed by atoms with E-state index in [0.29, 0.717) is 48.1 Å². The largest absolute Gasteiger partial charge is 0.434 e. The van der Waals surface area contributed by atoms with Gasteiger partial charge in [0, 0.05) is 60.0 Å². The van der Waals surface area contributed by atoms with E-state index in [0.717, 1.165) is 16.8 Å². The number of hydrogen-bond donors (Lipinski definition) is 1. The van der Waals surface area contributed by atoms with Crippen LogP contribution in [-0.2, 0) is 0 Å². The lowest BCUT2D eigenvalue weighted by Gasteiger charge is -2.44. The third-order valence-corrected chi connectivity index (χ3v) is 7.62. The van der Waals surface area contributed by atoms with Gasteiger partial charge in [0.25, 0.3) is 5.91 Å². The van der Waals surface area contributed by atoms with Crippen LogP contribution in [0.15, 0.2) is 43.0 Å². The summed E-state index contributed by atoms with van der Waals surface area (Å²) in [5.41, 5.74) is 3.04. The molecule has 1 aliphatic carbocycles. The lowest BCUT2D eigenvalue weighted by Crippen LogP contribution is -2.60. The Morgan fingerprint density at radius 3 is 2.58 bits per heavy atom. The van der Waals surface area contributed by atoms with Crippen LogP contribution in [-0.4, -0.2) is 72.6 Å². The molecule has 1 amide bonds. The molecule has 4 aromatic rings. The molecule has 2 unspecified atom stereocenters. The van der Waals surface area contributed by atoms with Crippen molar-refractivity contribution in [2.45, 2.75) is 37.5 Å². The number of hydrogen-bond acceptors (Lipinski definition) is 8. The van der Waals surface area contributed by atoms with Crippen molar-refractivity contribution in [1.82, 2.24) is 29.2 Å². The molecule has 10 nitrogen and oxygen atoms in total. The Bertz CT molecular complexity index is 1600. The highest BCUT2D eigenvalue weighted by Crippen LogP contribution is 2.52. The van der Waals surface area contributed by atoms with Gasteiger partial charge in [-0.1, -0.05) is 6.07 Å². The van der Waals surface area contributed by atoms with E-state index in [1.54, 1.807) is 49.6 Å². The molecule has 1 aromatic carbocycles. The second kappa shape index (κ2) is 7.90. The quantitative estimate of drug-likeness (QED) is 0.438. The molecule has 194 valence electrons. The van der Waals surface area contributed by atoms with Crippen molar-refractivity contribution in [3.8, 4) is 16.9 Å². The first-order valence-corrected chi connectivity index (χ1v) is 12.2. The van der Waals surface area contributed by atoms with Crippen LogP contribution >= 0.6 is 0 Å². The van der Waals surface area contributed by atoms with Crippen molar-refractivity contribution in [2.75, 3.05) is 25.0 Å². The van der Waals surface area contributed by atoms with Gasteiger partial charge in [0.2, 0.25) is 11.7 Å². The normalized spacial score (nSPS) is 21.4. The molecule has 2 bridgehead atoms. The van der Waals surface area contributed by atoms with Crippen molar-refractivity contribution >= 4 is 17.6 Å². The van der Waals surface area contributed by atoms with Crippen LogP contribution < -0.4 is 9.64 Å². The van der Waals surface area contributed by atoms with Crippen molar-refractivity contribution in [3.05, 3.63) is 65.5 Å². The molecule has 0 spiro atoms. The minimum Gasteiger partial charge on any atom is -0.434 e. The van der Waals surface area contributed by atoms with Gasteiger partial charge in [-0.2, -0.15) is 8.78 Å². The van der Waals surface area contributed by atoms with Crippen LogP contribution in [0, 0.1) is 0 Å². The SMILES string of the molecule is CN1C(=O)c2cccc(OC(F)F)c2C2CC1c1nc3ncc(-c4cnc(N5CC(C)(O)C5)nc4)cn3c12. The maximum atomic E-state index is 13.3. The van der Waals surface area contributed by atoms with Crippen LogP contribution in [0.1, 0.15) is 52.6 Å². The number of β-amino-alcohol motifs (C(OH)–C–C–N with tert-alkyl or cyclic N) is 1. The number of halogens is 2. The number of aliphatic hydroxyl groups is 1. The fraction of sp³-hybridized carbons (Fsp3) is 0.346. The molecule has 38 heavy (non-hydrogen) atoms. The first-order chi connectivity index (χ1) is 18.2. The van der Waals surface area contributed by atoms with E-state index < -0.39 is 18.1 Å². The van der Waals surface area contributed by atoms with Gasteiger partial charge in [0.1, 0.15) is 5.75 Å². The third-order valence-electron chi connectivity index (χ3n) is 7.62. The number of carbonyl (C=O) groups is 1. The Hall–Kier alpha value is -4.19. The van der Waals surface area contributed by atoms with Crippen LogP contribution in [0.2, 0.25) is 0 Å². The van der Waals surface area contributed by atoms with E-state index in [2.05, 4.69) is 15.0 Å². The zero-order valence-electron chi connectivity index (χ0n) is 20.5. The summed E-state index contributed by atoms with van der Waals surface area (Å²) in [7, 11) is 1.70. The average molecular weight is 520 g/mol. The van der Waals surface area contributed by atoms with Gasteiger partial charge >= 0.3 is 6.61 Å². The molecule has 0 saturated carbocycles. The second-order valence-electron chi connectivity index (χ2n) is 10.3. The van der Waals surface area contributed by atoms with Crippen LogP contribution in [0.25, 0.3) is 16.9 Å². The lowest BCUT2D eigenvalue weighted by molar-refractivity contribution is -0.0506. The van der Waals surface area contributed by atoms with Crippen LogP contribution in [0.3, 0.4) is 0 Å². The first-order valence-electron chi connectivity index (χ1n) is 12.2. The predicted molar refractivity (Wildman–Crippen MR) is 131 cm³/mol. The highest BCUT2D eigenvalue weighted by atomic mass is 19.3. The van der Waals surface area contributed by atoms with Gasteiger partial charge < -0.3 is 19.6 Å². The average Bonchev–Trinajstić information content (AvgIpc) is 3.40. The number of carbonyl (C=O) groups excluding carboxylic acids is 1. The summed E-state index contributed by atoms with van der Waals surface area (Å²) in [6.07, 6.45) is 7.48. The molecule has 1 saturated heterocycles. The third kappa shape index (κ3) is 3.36. The molecule has 7 rings (SSSR count). The standard InChI is InChI=1S/C26H23F2N7O3/c1-26(37)11-34(12-26)24-29-7-13(8-30-24)14-9-31-25-32-20-17-6-16(21(20)35(25)10-14)19-15(22(36)33(17)2)4-3-5-18(19)38-23(27)28/h3-5,7-10,16-17,23,37H,6,11-12H2,1-2H3. The number of ether oxygens (including phenoxy) is 1. The molecule has 1 N–H and O–H groups in total. The molecule has 2 aliphatic heterocycles. The Labute approximate surface area is 215 Å². The highest BCUT2D eigenvalue weighted by Gasteiger charge is 2.46. The Morgan fingerprint density at radius 2 is 1.87 bits per heavy atom. The number of imidazole rings is 1. The smallest absolute Gasteiger partial charge is 0.387 e. The summed E-state index contributed by atoms with van der Waals surface area (Å²) < 4.78 is 33.3. The maximum absolute atomic E-state index is 13.3. The van der Waals surface area contributed by atoms with E-state index >= 15 is 0 Å². The second-order valence-corrected chi connectivity index (χ2v) is 10.3. The van der Waals surface area contributed by atoms with E-state index in [1.807, 2.05) is 15.5 Å². The summed E-state index contributed by atoms with van der Waals surface area (Å²) >= 11 is 0. The topological polar surface area (TPSA) is 109 Å².